The molecule has 164 valence electrons. The van der Waals surface area contributed by atoms with Crippen LogP contribution in [0.25, 0.3) is 10.2 Å². The van der Waals surface area contributed by atoms with E-state index in [1.807, 2.05) is 26.0 Å². The lowest BCUT2D eigenvalue weighted by Crippen LogP contribution is -2.37. The second kappa shape index (κ2) is 9.85. The first-order valence-electron chi connectivity index (χ1n) is 10.5. The maximum Gasteiger partial charge on any atom is 0.260 e. The number of halogens is 1. The molecule has 1 aromatic heterocycles. The van der Waals surface area contributed by atoms with Gasteiger partial charge in [0, 0.05) is 12.2 Å². The number of fused-ring (bicyclic) bond motifs is 1. The van der Waals surface area contributed by atoms with E-state index in [1.165, 1.54) is 11.3 Å². The molecule has 1 aliphatic heterocycles. The lowest BCUT2D eigenvalue weighted by molar-refractivity contribution is 0.0917. The number of hydrogen-bond donors (Lipinski definition) is 0. The second-order valence-electron chi connectivity index (χ2n) is 7.16. The van der Waals surface area contributed by atoms with E-state index in [1.54, 1.807) is 29.2 Å². The molecular formula is C23H25ClN2O4S. The summed E-state index contributed by atoms with van der Waals surface area (Å²) >= 11 is 7.78. The Labute approximate surface area is 190 Å². The molecule has 1 unspecified atom stereocenters. The van der Waals surface area contributed by atoms with Crippen molar-refractivity contribution in [2.24, 2.45) is 0 Å². The highest BCUT2D eigenvalue weighted by Crippen LogP contribution is 2.35. The molecule has 1 saturated heterocycles. The van der Waals surface area contributed by atoms with Crippen molar-refractivity contribution in [1.82, 2.24) is 4.98 Å². The number of ether oxygens (including phenoxy) is 3. The van der Waals surface area contributed by atoms with E-state index in [2.05, 4.69) is 4.98 Å². The summed E-state index contributed by atoms with van der Waals surface area (Å²) in [5, 5.41) is 1.18. The van der Waals surface area contributed by atoms with Gasteiger partial charge in [-0.25, -0.2) is 4.98 Å². The number of carbonyl (C=O) groups is 1. The molecule has 6 nitrogen and oxygen atoms in total. The van der Waals surface area contributed by atoms with Gasteiger partial charge in [-0.05, 0) is 57.0 Å². The first-order valence-corrected chi connectivity index (χ1v) is 11.7. The molecule has 3 aromatic rings. The van der Waals surface area contributed by atoms with Gasteiger partial charge in [0.2, 0.25) is 0 Å². The number of para-hydroxylation sites is 1. The Kier molecular flexibility index (Phi) is 6.95. The van der Waals surface area contributed by atoms with Crippen molar-refractivity contribution < 1.29 is 19.0 Å². The Hall–Kier alpha value is -2.35. The summed E-state index contributed by atoms with van der Waals surface area (Å²) in [7, 11) is 0. The summed E-state index contributed by atoms with van der Waals surface area (Å²) in [6.07, 6.45) is 1.90. The van der Waals surface area contributed by atoms with Gasteiger partial charge < -0.3 is 14.2 Å². The minimum Gasteiger partial charge on any atom is -0.490 e. The van der Waals surface area contributed by atoms with Crippen LogP contribution in [-0.2, 0) is 4.74 Å². The molecule has 0 bridgehead atoms. The third-order valence-electron chi connectivity index (χ3n) is 5.04. The van der Waals surface area contributed by atoms with Gasteiger partial charge >= 0.3 is 0 Å². The van der Waals surface area contributed by atoms with Crippen LogP contribution in [-0.4, -0.2) is 43.4 Å². The third-order valence-corrected chi connectivity index (χ3v) is 6.38. The second-order valence-corrected chi connectivity index (χ2v) is 8.58. The van der Waals surface area contributed by atoms with Crippen molar-refractivity contribution in [1.29, 1.82) is 0 Å². The number of rotatable bonds is 8. The molecule has 0 saturated carbocycles. The molecule has 31 heavy (non-hydrogen) atoms. The largest absolute Gasteiger partial charge is 0.490 e. The van der Waals surface area contributed by atoms with Crippen LogP contribution in [0.5, 0.6) is 11.5 Å². The molecule has 1 aliphatic rings. The highest BCUT2D eigenvalue weighted by Gasteiger charge is 2.28. The van der Waals surface area contributed by atoms with Crippen LogP contribution in [0.4, 0.5) is 5.13 Å². The highest BCUT2D eigenvalue weighted by molar-refractivity contribution is 7.22. The van der Waals surface area contributed by atoms with Gasteiger partial charge in [0.1, 0.15) is 5.52 Å². The molecule has 1 fully saturated rings. The molecular weight excluding hydrogens is 436 g/mol. The Balaban J connectivity index is 1.71. The number of carbonyl (C=O) groups excluding carboxylic acids is 1. The van der Waals surface area contributed by atoms with Crippen LogP contribution in [0, 0.1) is 0 Å². The lowest BCUT2D eigenvalue weighted by atomic mass is 10.1. The van der Waals surface area contributed by atoms with Gasteiger partial charge in [-0.3, -0.25) is 9.69 Å². The summed E-state index contributed by atoms with van der Waals surface area (Å²) in [6.45, 7) is 5.97. The molecule has 1 atom stereocenters. The molecule has 2 heterocycles. The Morgan fingerprint density at radius 2 is 2.03 bits per heavy atom. The van der Waals surface area contributed by atoms with E-state index in [0.29, 0.717) is 52.5 Å². The number of amides is 1. The van der Waals surface area contributed by atoms with E-state index in [-0.39, 0.29) is 12.0 Å². The quantitative estimate of drug-likeness (QED) is 0.439. The van der Waals surface area contributed by atoms with E-state index < -0.39 is 0 Å². The number of nitrogens with zero attached hydrogens (tertiary/aromatic N) is 2. The van der Waals surface area contributed by atoms with Crippen molar-refractivity contribution in [3.63, 3.8) is 0 Å². The number of aromatic nitrogens is 1. The minimum absolute atomic E-state index is 0.0134. The summed E-state index contributed by atoms with van der Waals surface area (Å²) in [4.78, 5) is 20.0. The van der Waals surface area contributed by atoms with Crippen molar-refractivity contribution in [2.75, 3.05) is 31.3 Å². The molecule has 0 N–H and O–H groups in total. The molecule has 0 spiro atoms. The maximum atomic E-state index is 13.6. The van der Waals surface area contributed by atoms with E-state index in [4.69, 9.17) is 25.8 Å². The molecule has 1 amide bonds. The summed E-state index contributed by atoms with van der Waals surface area (Å²) in [5.41, 5.74) is 1.21. The van der Waals surface area contributed by atoms with Gasteiger partial charge in [0.15, 0.2) is 16.6 Å². The zero-order valence-electron chi connectivity index (χ0n) is 17.6. The number of hydrogen-bond acceptors (Lipinski definition) is 6. The molecule has 4 rings (SSSR count). The van der Waals surface area contributed by atoms with Crippen molar-refractivity contribution in [3.8, 4) is 11.5 Å². The Morgan fingerprint density at radius 1 is 1.23 bits per heavy atom. The normalized spacial score (nSPS) is 15.9. The highest BCUT2D eigenvalue weighted by atomic mass is 35.5. The van der Waals surface area contributed by atoms with Crippen LogP contribution in [0.1, 0.15) is 37.0 Å². The topological polar surface area (TPSA) is 60.9 Å². The van der Waals surface area contributed by atoms with Crippen LogP contribution in [0.3, 0.4) is 0 Å². The summed E-state index contributed by atoms with van der Waals surface area (Å²) < 4.78 is 18.1. The van der Waals surface area contributed by atoms with Crippen LogP contribution >= 0.6 is 22.9 Å². The fourth-order valence-electron chi connectivity index (χ4n) is 3.60. The Morgan fingerprint density at radius 3 is 2.74 bits per heavy atom. The molecule has 0 radical (unpaired) electrons. The van der Waals surface area contributed by atoms with E-state index in [9.17, 15) is 4.79 Å². The third kappa shape index (κ3) is 4.79. The predicted molar refractivity (Wildman–Crippen MR) is 124 cm³/mol. The zero-order chi connectivity index (χ0) is 21.8. The van der Waals surface area contributed by atoms with Gasteiger partial charge in [-0.2, -0.15) is 0 Å². The average molecular weight is 461 g/mol. The van der Waals surface area contributed by atoms with Gasteiger partial charge in [0.25, 0.3) is 5.91 Å². The first kappa shape index (κ1) is 21.9. The van der Waals surface area contributed by atoms with Crippen LogP contribution in [0.15, 0.2) is 36.4 Å². The smallest absolute Gasteiger partial charge is 0.260 e. The van der Waals surface area contributed by atoms with E-state index >= 15 is 0 Å². The monoisotopic (exact) mass is 460 g/mol. The summed E-state index contributed by atoms with van der Waals surface area (Å²) in [5.74, 6) is 1.02. The zero-order valence-corrected chi connectivity index (χ0v) is 19.2. The maximum absolute atomic E-state index is 13.6. The van der Waals surface area contributed by atoms with Gasteiger partial charge in [-0.15, -0.1) is 0 Å². The van der Waals surface area contributed by atoms with Crippen LogP contribution < -0.4 is 14.4 Å². The number of thiazole rings is 1. The molecule has 0 aliphatic carbocycles. The number of benzene rings is 2. The van der Waals surface area contributed by atoms with Crippen molar-refractivity contribution in [2.45, 2.75) is 32.8 Å². The first-order chi connectivity index (χ1) is 15.1. The van der Waals surface area contributed by atoms with Crippen molar-refractivity contribution in [3.05, 3.63) is 47.0 Å². The predicted octanol–water partition coefficient (Wildman–Crippen LogP) is 5.57. The standard InChI is InChI=1S/C23H25ClN2O4S/c1-3-28-18-11-10-15(13-19(18)29-4-2)22(27)26(14-16-7-6-12-30-16)23-25-21-17(24)8-5-9-20(21)31-23/h5,8-11,13,16H,3-4,6-7,12,14H2,1-2H3. The Bertz CT molecular complexity index is 1060. The fourth-order valence-corrected chi connectivity index (χ4v) is 4.87. The minimum atomic E-state index is -0.158. The molecule has 2 aromatic carbocycles. The number of anilines is 1. The average Bonchev–Trinajstić information content (AvgIpc) is 3.43. The van der Waals surface area contributed by atoms with Crippen molar-refractivity contribution >= 4 is 44.2 Å². The van der Waals surface area contributed by atoms with Crippen LogP contribution in [0.2, 0.25) is 5.02 Å². The fraction of sp³-hybridized carbons (Fsp3) is 0.391. The van der Waals surface area contributed by atoms with Gasteiger partial charge in [-0.1, -0.05) is 29.0 Å². The lowest BCUT2D eigenvalue weighted by Gasteiger charge is -2.23. The molecule has 8 heteroatoms. The van der Waals surface area contributed by atoms with E-state index in [0.717, 1.165) is 24.1 Å². The van der Waals surface area contributed by atoms with Gasteiger partial charge in [0.05, 0.1) is 35.6 Å². The summed E-state index contributed by atoms with van der Waals surface area (Å²) in [6, 6.07) is 10.9. The SMILES string of the molecule is CCOc1ccc(C(=O)N(CC2CCCO2)c2nc3c(Cl)cccc3s2)cc1OCC.